The molecule has 1 aromatic rings. The number of hydrogen-bond donors (Lipinski definition) is 1. The number of carbonyl (C=O) groups excluding carboxylic acids is 2. The molecule has 0 unspecified atom stereocenters. The number of likely N-dealkylation sites (N-methyl/N-ethyl adjacent to an activating group) is 1. The van der Waals surface area contributed by atoms with Gasteiger partial charge in [-0.15, -0.1) is 11.3 Å². The fourth-order valence-electron chi connectivity index (χ4n) is 1.15. The molecule has 106 valence electrons. The molecule has 0 aromatic carbocycles. The van der Waals surface area contributed by atoms with Gasteiger partial charge in [0, 0.05) is 7.05 Å². The minimum Gasteiger partial charge on any atom is -0.468 e. The van der Waals surface area contributed by atoms with Crippen molar-refractivity contribution in [1.29, 1.82) is 0 Å². The Morgan fingerprint density at radius 2 is 2.16 bits per heavy atom. The zero-order valence-corrected chi connectivity index (χ0v) is 12.1. The molecule has 1 aromatic heterocycles. The Bertz CT molecular complexity index is 538. The summed E-state index contributed by atoms with van der Waals surface area (Å²) in [6, 6.07) is 3.07. The molecule has 0 bridgehead atoms. The molecule has 1 amide bonds. The van der Waals surface area contributed by atoms with E-state index in [1.165, 1.54) is 20.2 Å². The smallest absolute Gasteiger partial charge is 0.325 e. The predicted molar refractivity (Wildman–Crippen MR) is 69.2 cm³/mol. The van der Waals surface area contributed by atoms with Gasteiger partial charge >= 0.3 is 5.97 Å². The largest absolute Gasteiger partial charge is 0.468 e. The molecule has 1 N–H and O–H groups in total. The van der Waals surface area contributed by atoms with Crippen LogP contribution in [0, 0.1) is 0 Å². The van der Waals surface area contributed by atoms with Crippen LogP contribution in [0.5, 0.6) is 0 Å². The average Bonchev–Trinajstić information content (AvgIpc) is 2.90. The van der Waals surface area contributed by atoms with Crippen molar-refractivity contribution in [1.82, 2.24) is 9.62 Å². The van der Waals surface area contributed by atoms with Crippen LogP contribution in [0.4, 0.5) is 0 Å². The minimum atomic E-state index is -3.66. The van der Waals surface area contributed by atoms with Gasteiger partial charge in [0.2, 0.25) is 5.91 Å². The van der Waals surface area contributed by atoms with Gasteiger partial charge in [0.25, 0.3) is 10.0 Å². The van der Waals surface area contributed by atoms with Crippen molar-refractivity contribution in [3.63, 3.8) is 0 Å². The van der Waals surface area contributed by atoms with E-state index in [2.05, 4.69) is 10.1 Å². The Labute approximate surface area is 115 Å². The summed E-state index contributed by atoms with van der Waals surface area (Å²) >= 11 is 1.07. The van der Waals surface area contributed by atoms with E-state index in [9.17, 15) is 18.0 Å². The standard InChI is InChI=1S/C10H14N2O5S2/c1-12(7-8(13)11-6-9(14)17-2)19(15,16)10-4-3-5-18-10/h3-5H,6-7H2,1-2H3,(H,11,13). The van der Waals surface area contributed by atoms with Gasteiger partial charge in [-0.2, -0.15) is 4.31 Å². The second-order valence-electron chi connectivity index (χ2n) is 3.55. The van der Waals surface area contributed by atoms with Crippen LogP contribution in [0.1, 0.15) is 0 Å². The van der Waals surface area contributed by atoms with Crippen LogP contribution in [0.2, 0.25) is 0 Å². The van der Waals surface area contributed by atoms with Gasteiger partial charge in [-0.25, -0.2) is 8.42 Å². The molecule has 0 aliphatic heterocycles. The number of thiophene rings is 1. The summed E-state index contributed by atoms with van der Waals surface area (Å²) in [6.07, 6.45) is 0. The molecular weight excluding hydrogens is 292 g/mol. The first-order valence-electron chi connectivity index (χ1n) is 5.21. The molecule has 0 radical (unpaired) electrons. The van der Waals surface area contributed by atoms with Gasteiger partial charge in [-0.05, 0) is 11.4 Å². The van der Waals surface area contributed by atoms with E-state index in [-0.39, 0.29) is 17.3 Å². The van der Waals surface area contributed by atoms with Crippen LogP contribution in [0.3, 0.4) is 0 Å². The van der Waals surface area contributed by atoms with Crippen LogP contribution in [0.25, 0.3) is 0 Å². The number of sulfonamides is 1. The Morgan fingerprint density at radius 3 is 2.68 bits per heavy atom. The molecular formula is C10H14N2O5S2. The van der Waals surface area contributed by atoms with Crippen molar-refractivity contribution in [3.05, 3.63) is 17.5 Å². The number of esters is 1. The van der Waals surface area contributed by atoms with Gasteiger partial charge in [-0.1, -0.05) is 6.07 Å². The summed E-state index contributed by atoms with van der Waals surface area (Å²) in [7, 11) is -1.17. The van der Waals surface area contributed by atoms with Crippen molar-refractivity contribution in [2.45, 2.75) is 4.21 Å². The molecule has 7 nitrogen and oxygen atoms in total. The highest BCUT2D eigenvalue weighted by atomic mass is 32.2. The van der Waals surface area contributed by atoms with Crippen LogP contribution in [-0.2, 0) is 24.3 Å². The maximum absolute atomic E-state index is 12.0. The first kappa shape index (κ1) is 15.6. The number of carbonyl (C=O) groups is 2. The summed E-state index contributed by atoms with van der Waals surface area (Å²) in [4.78, 5) is 22.3. The van der Waals surface area contributed by atoms with Crippen molar-refractivity contribution < 1.29 is 22.7 Å². The molecule has 0 atom stereocenters. The average molecular weight is 306 g/mol. The summed E-state index contributed by atoms with van der Waals surface area (Å²) in [6.45, 7) is -0.653. The molecule has 0 fully saturated rings. The number of amides is 1. The molecule has 0 aliphatic carbocycles. The molecule has 19 heavy (non-hydrogen) atoms. The van der Waals surface area contributed by atoms with E-state index in [4.69, 9.17) is 0 Å². The van der Waals surface area contributed by atoms with E-state index in [1.807, 2.05) is 0 Å². The molecule has 0 aliphatic rings. The summed E-state index contributed by atoms with van der Waals surface area (Å²) in [5.41, 5.74) is 0. The minimum absolute atomic E-state index is 0.163. The van der Waals surface area contributed by atoms with E-state index in [0.717, 1.165) is 15.6 Å². The zero-order chi connectivity index (χ0) is 14.5. The van der Waals surface area contributed by atoms with Crippen molar-refractivity contribution in [2.24, 2.45) is 0 Å². The Hall–Kier alpha value is -1.45. The highest BCUT2D eigenvalue weighted by molar-refractivity contribution is 7.91. The van der Waals surface area contributed by atoms with Crippen LogP contribution < -0.4 is 5.32 Å². The second-order valence-corrected chi connectivity index (χ2v) is 6.77. The van der Waals surface area contributed by atoms with Gasteiger partial charge in [0.15, 0.2) is 0 Å². The number of rotatable bonds is 6. The summed E-state index contributed by atoms with van der Waals surface area (Å²) < 4.78 is 29.4. The van der Waals surface area contributed by atoms with Crippen LogP contribution in [-0.4, -0.2) is 51.8 Å². The SMILES string of the molecule is COC(=O)CNC(=O)CN(C)S(=O)(=O)c1cccs1. The monoisotopic (exact) mass is 306 g/mol. The highest BCUT2D eigenvalue weighted by Crippen LogP contribution is 2.19. The van der Waals surface area contributed by atoms with E-state index >= 15 is 0 Å². The third kappa shape index (κ3) is 4.30. The van der Waals surface area contributed by atoms with Crippen molar-refractivity contribution in [2.75, 3.05) is 27.2 Å². The molecule has 0 saturated heterocycles. The fourth-order valence-corrected chi connectivity index (χ4v) is 3.48. The lowest BCUT2D eigenvalue weighted by molar-refractivity contribution is -0.141. The second kappa shape index (κ2) is 6.64. The lowest BCUT2D eigenvalue weighted by atomic mass is 10.5. The van der Waals surface area contributed by atoms with E-state index in [1.54, 1.807) is 11.4 Å². The lowest BCUT2D eigenvalue weighted by Gasteiger charge is -2.15. The van der Waals surface area contributed by atoms with Crippen molar-refractivity contribution in [3.8, 4) is 0 Å². The van der Waals surface area contributed by atoms with E-state index in [0.29, 0.717) is 0 Å². The first-order chi connectivity index (χ1) is 8.87. The number of methoxy groups -OCH3 is 1. The third-order valence-electron chi connectivity index (χ3n) is 2.18. The highest BCUT2D eigenvalue weighted by Gasteiger charge is 2.23. The zero-order valence-electron chi connectivity index (χ0n) is 10.5. The topological polar surface area (TPSA) is 92.8 Å². The van der Waals surface area contributed by atoms with Gasteiger partial charge in [0.05, 0.1) is 13.7 Å². The molecule has 0 saturated carbocycles. The maximum atomic E-state index is 12.0. The third-order valence-corrected chi connectivity index (χ3v) is 5.36. The summed E-state index contributed by atoms with van der Waals surface area (Å²) in [5, 5.41) is 3.90. The Balaban J connectivity index is 2.58. The number of ether oxygens (including phenoxy) is 1. The van der Waals surface area contributed by atoms with Gasteiger partial charge < -0.3 is 10.1 Å². The van der Waals surface area contributed by atoms with Crippen LogP contribution in [0.15, 0.2) is 21.7 Å². The van der Waals surface area contributed by atoms with Crippen LogP contribution >= 0.6 is 11.3 Å². The molecule has 1 heterocycles. The number of nitrogens with one attached hydrogen (secondary N) is 1. The fraction of sp³-hybridized carbons (Fsp3) is 0.400. The quantitative estimate of drug-likeness (QED) is 0.726. The molecule has 1 rings (SSSR count). The molecule has 0 spiro atoms. The lowest BCUT2D eigenvalue weighted by Crippen LogP contribution is -2.40. The number of nitrogens with zero attached hydrogens (tertiary/aromatic N) is 1. The molecule has 9 heteroatoms. The van der Waals surface area contributed by atoms with E-state index < -0.39 is 21.9 Å². The van der Waals surface area contributed by atoms with Crippen molar-refractivity contribution >= 4 is 33.2 Å². The Kier molecular flexibility index (Phi) is 5.45. The summed E-state index contributed by atoms with van der Waals surface area (Å²) in [5.74, 6) is -1.18. The predicted octanol–water partition coefficient (Wildman–Crippen LogP) is -0.342. The Morgan fingerprint density at radius 1 is 1.47 bits per heavy atom. The first-order valence-corrected chi connectivity index (χ1v) is 7.53. The van der Waals surface area contributed by atoms with Gasteiger partial charge in [-0.3, -0.25) is 9.59 Å². The normalized spacial score (nSPS) is 11.3. The number of hydrogen-bond acceptors (Lipinski definition) is 6. The maximum Gasteiger partial charge on any atom is 0.325 e. The van der Waals surface area contributed by atoms with Gasteiger partial charge in [0.1, 0.15) is 10.8 Å².